The number of aromatic nitrogens is 3. The molecule has 30 heavy (non-hydrogen) atoms. The van der Waals surface area contributed by atoms with Crippen molar-refractivity contribution >= 4 is 17.4 Å². The van der Waals surface area contributed by atoms with Crippen LogP contribution in [0.2, 0.25) is 0 Å². The smallest absolute Gasteiger partial charge is 0.223 e. The Hall–Kier alpha value is -2.90. The number of nitrogens with zero attached hydrogens (tertiary/aromatic N) is 4. The Balaban J connectivity index is 1.47. The third kappa shape index (κ3) is 4.47. The van der Waals surface area contributed by atoms with Gasteiger partial charge in [-0.2, -0.15) is 0 Å². The number of hydrogen-bond acceptors (Lipinski definition) is 5. The van der Waals surface area contributed by atoms with Gasteiger partial charge in [-0.15, -0.1) is 0 Å². The minimum atomic E-state index is -0.296. The Bertz CT molecular complexity index is 1010. The zero-order valence-corrected chi connectivity index (χ0v) is 17.7. The molecule has 0 spiro atoms. The zero-order chi connectivity index (χ0) is 21.3. The van der Waals surface area contributed by atoms with Crippen molar-refractivity contribution in [3.8, 4) is 0 Å². The lowest BCUT2D eigenvalue weighted by molar-refractivity contribution is -0.132. The summed E-state index contributed by atoms with van der Waals surface area (Å²) >= 11 is 0. The molecule has 0 aliphatic carbocycles. The fourth-order valence-corrected chi connectivity index (χ4v) is 3.96. The van der Waals surface area contributed by atoms with Gasteiger partial charge in [0.1, 0.15) is 23.0 Å². The molecule has 3 aromatic rings. The number of rotatable bonds is 5. The molecule has 0 radical (unpaired) electrons. The number of anilines is 1. The van der Waals surface area contributed by atoms with E-state index in [0.29, 0.717) is 25.9 Å². The van der Waals surface area contributed by atoms with Gasteiger partial charge in [0, 0.05) is 49.7 Å². The Kier molecular flexibility index (Phi) is 5.49. The summed E-state index contributed by atoms with van der Waals surface area (Å²) in [6.07, 6.45) is 5.72. The highest BCUT2D eigenvalue weighted by molar-refractivity contribution is 5.76. The number of fused-ring (bicyclic) bond motifs is 1. The maximum atomic E-state index is 13.9. The molecule has 7 nitrogen and oxygen atoms in total. The Morgan fingerprint density at radius 3 is 2.70 bits per heavy atom. The number of carbonyl (C=O) groups excluding carboxylic acids is 1. The average Bonchev–Trinajstić information content (AvgIpc) is 3.34. The highest BCUT2D eigenvalue weighted by atomic mass is 19.1. The first-order valence-corrected chi connectivity index (χ1v) is 10.4. The van der Waals surface area contributed by atoms with Crippen LogP contribution < -0.4 is 5.32 Å². The second kappa shape index (κ2) is 8.08. The standard InChI is InChI=1S/C22H28FN5O2/c1-22(2,3)26-21-20(25-18-6-4-16(23)14-28(18)21)15-9-12-27(13-10-15)19(29)7-5-17-8-11-24-30-17/h4,6,8,11,14-15,26H,5,7,9-10,12-13H2,1-3H3. The molecule has 4 rings (SSSR count). The molecule has 0 aromatic carbocycles. The summed E-state index contributed by atoms with van der Waals surface area (Å²) in [4.78, 5) is 19.3. The van der Waals surface area contributed by atoms with Gasteiger partial charge in [-0.25, -0.2) is 9.37 Å². The normalized spacial score (nSPS) is 15.7. The summed E-state index contributed by atoms with van der Waals surface area (Å²) in [7, 11) is 0. The number of hydrogen-bond donors (Lipinski definition) is 1. The average molecular weight is 413 g/mol. The number of nitrogens with one attached hydrogen (secondary N) is 1. The van der Waals surface area contributed by atoms with Crippen molar-refractivity contribution in [1.29, 1.82) is 0 Å². The van der Waals surface area contributed by atoms with Crippen molar-refractivity contribution in [2.45, 2.75) is 57.9 Å². The van der Waals surface area contributed by atoms with E-state index in [1.807, 2.05) is 4.90 Å². The summed E-state index contributed by atoms with van der Waals surface area (Å²) in [5.74, 6) is 1.63. The SMILES string of the molecule is CC(C)(C)Nc1c(C2CCN(C(=O)CCc3ccno3)CC2)nc2ccc(F)cn12. The second-order valence-electron chi connectivity index (χ2n) is 8.93. The molecule has 0 unspecified atom stereocenters. The highest BCUT2D eigenvalue weighted by Gasteiger charge is 2.29. The third-order valence-electron chi connectivity index (χ3n) is 5.41. The van der Waals surface area contributed by atoms with E-state index < -0.39 is 0 Å². The maximum absolute atomic E-state index is 13.9. The van der Waals surface area contributed by atoms with Crippen molar-refractivity contribution < 1.29 is 13.7 Å². The van der Waals surface area contributed by atoms with Crippen LogP contribution in [0.25, 0.3) is 5.65 Å². The summed E-state index contributed by atoms with van der Waals surface area (Å²) in [6.45, 7) is 7.61. The van der Waals surface area contributed by atoms with Gasteiger partial charge in [0.05, 0.1) is 11.9 Å². The number of imidazole rings is 1. The van der Waals surface area contributed by atoms with Crippen LogP contribution in [-0.2, 0) is 11.2 Å². The molecule has 3 aromatic heterocycles. The molecule has 160 valence electrons. The molecule has 1 saturated heterocycles. The van der Waals surface area contributed by atoms with Crippen LogP contribution in [0.15, 0.2) is 35.1 Å². The van der Waals surface area contributed by atoms with E-state index in [9.17, 15) is 9.18 Å². The fourth-order valence-electron chi connectivity index (χ4n) is 3.96. The molecular weight excluding hydrogens is 385 g/mol. The van der Waals surface area contributed by atoms with Gasteiger partial charge in [-0.05, 0) is 45.7 Å². The molecule has 4 heterocycles. The number of carbonyl (C=O) groups is 1. The number of piperidine rings is 1. The first kappa shape index (κ1) is 20.4. The van der Waals surface area contributed by atoms with Crippen LogP contribution in [0.5, 0.6) is 0 Å². The molecule has 1 amide bonds. The van der Waals surface area contributed by atoms with Gasteiger partial charge < -0.3 is 14.7 Å². The van der Waals surface area contributed by atoms with Gasteiger partial charge >= 0.3 is 0 Å². The third-order valence-corrected chi connectivity index (χ3v) is 5.41. The summed E-state index contributed by atoms with van der Waals surface area (Å²) < 4.78 is 20.8. The van der Waals surface area contributed by atoms with E-state index >= 15 is 0 Å². The van der Waals surface area contributed by atoms with Crippen LogP contribution in [0.3, 0.4) is 0 Å². The molecule has 8 heteroatoms. The molecule has 0 saturated carbocycles. The number of pyridine rings is 1. The lowest BCUT2D eigenvalue weighted by atomic mass is 9.92. The topological polar surface area (TPSA) is 75.7 Å². The van der Waals surface area contributed by atoms with Crippen LogP contribution in [-0.4, -0.2) is 44.0 Å². The van der Waals surface area contributed by atoms with Crippen molar-refractivity contribution in [3.05, 3.63) is 47.9 Å². The fraction of sp³-hybridized carbons (Fsp3) is 0.500. The van der Waals surface area contributed by atoms with E-state index in [1.165, 1.54) is 12.3 Å². The number of aryl methyl sites for hydroxylation is 1. The molecule has 1 aliphatic heterocycles. The Morgan fingerprint density at radius 2 is 2.03 bits per heavy atom. The molecule has 1 N–H and O–H groups in total. The van der Waals surface area contributed by atoms with Gasteiger partial charge in [0.2, 0.25) is 5.91 Å². The number of halogens is 1. The highest BCUT2D eigenvalue weighted by Crippen LogP contribution is 2.34. The predicted octanol–water partition coefficient (Wildman–Crippen LogP) is 4.01. The van der Waals surface area contributed by atoms with Crippen LogP contribution in [0, 0.1) is 5.82 Å². The van der Waals surface area contributed by atoms with E-state index in [4.69, 9.17) is 9.51 Å². The van der Waals surface area contributed by atoms with Crippen molar-refractivity contribution in [2.24, 2.45) is 0 Å². The van der Waals surface area contributed by atoms with Gasteiger partial charge in [-0.1, -0.05) is 5.16 Å². The number of likely N-dealkylation sites (tertiary alicyclic amines) is 1. The molecule has 1 fully saturated rings. The monoisotopic (exact) mass is 413 g/mol. The van der Waals surface area contributed by atoms with Gasteiger partial charge in [-0.3, -0.25) is 9.20 Å². The molecule has 0 atom stereocenters. The van der Waals surface area contributed by atoms with Crippen LogP contribution in [0.4, 0.5) is 10.2 Å². The summed E-state index contributed by atoms with van der Waals surface area (Å²) in [6, 6.07) is 4.92. The first-order valence-electron chi connectivity index (χ1n) is 10.4. The minimum absolute atomic E-state index is 0.134. The van der Waals surface area contributed by atoms with E-state index in [2.05, 4.69) is 31.2 Å². The molecular formula is C22H28FN5O2. The van der Waals surface area contributed by atoms with Crippen molar-refractivity contribution in [3.63, 3.8) is 0 Å². The van der Waals surface area contributed by atoms with E-state index in [-0.39, 0.29) is 23.2 Å². The predicted molar refractivity (Wildman–Crippen MR) is 112 cm³/mol. The van der Waals surface area contributed by atoms with Gasteiger partial charge in [0.15, 0.2) is 0 Å². The quantitative estimate of drug-likeness (QED) is 0.684. The summed E-state index contributed by atoms with van der Waals surface area (Å²) in [5.41, 5.74) is 1.49. The van der Waals surface area contributed by atoms with Gasteiger partial charge in [0.25, 0.3) is 0 Å². The Labute approximate surface area is 175 Å². The van der Waals surface area contributed by atoms with E-state index in [1.54, 1.807) is 22.7 Å². The lowest BCUT2D eigenvalue weighted by Crippen LogP contribution is -2.38. The van der Waals surface area contributed by atoms with Crippen LogP contribution in [0.1, 0.15) is 57.4 Å². The van der Waals surface area contributed by atoms with Crippen molar-refractivity contribution in [2.75, 3.05) is 18.4 Å². The second-order valence-corrected chi connectivity index (χ2v) is 8.93. The Morgan fingerprint density at radius 1 is 1.27 bits per heavy atom. The first-order chi connectivity index (χ1) is 14.3. The minimum Gasteiger partial charge on any atom is -0.365 e. The largest absolute Gasteiger partial charge is 0.365 e. The maximum Gasteiger partial charge on any atom is 0.223 e. The zero-order valence-electron chi connectivity index (χ0n) is 17.7. The van der Waals surface area contributed by atoms with Crippen molar-refractivity contribution in [1.82, 2.24) is 19.4 Å². The van der Waals surface area contributed by atoms with Crippen LogP contribution >= 0.6 is 0 Å². The lowest BCUT2D eigenvalue weighted by Gasteiger charge is -2.32. The summed E-state index contributed by atoms with van der Waals surface area (Å²) in [5, 5.41) is 7.18. The number of amides is 1. The molecule has 1 aliphatic rings. The van der Waals surface area contributed by atoms with E-state index in [0.717, 1.165) is 35.8 Å². The molecule has 0 bridgehead atoms.